The van der Waals surface area contributed by atoms with Crippen molar-refractivity contribution < 1.29 is 4.79 Å². The van der Waals surface area contributed by atoms with Gasteiger partial charge in [0.2, 0.25) is 0 Å². The number of carbonyl (C=O) groups is 1. The normalized spacial score (nSPS) is 16.6. The summed E-state index contributed by atoms with van der Waals surface area (Å²) in [4.78, 5) is 14.5. The SMILES string of the molecule is Cc1ccc(C(=O)Nc2cnn(C3CCN(C)CC3)c2)cc1. The second-order valence-electron chi connectivity index (χ2n) is 6.06. The maximum Gasteiger partial charge on any atom is 0.255 e. The molecule has 22 heavy (non-hydrogen) atoms. The number of aromatic nitrogens is 2. The number of carbonyl (C=O) groups excluding carboxylic acids is 1. The first-order valence-electron chi connectivity index (χ1n) is 7.72. The number of benzene rings is 1. The highest BCUT2D eigenvalue weighted by Crippen LogP contribution is 2.22. The van der Waals surface area contributed by atoms with Crippen molar-refractivity contribution in [1.29, 1.82) is 0 Å². The zero-order chi connectivity index (χ0) is 15.5. The second-order valence-corrected chi connectivity index (χ2v) is 6.06. The van der Waals surface area contributed by atoms with Gasteiger partial charge in [-0.05, 0) is 52.0 Å². The van der Waals surface area contributed by atoms with Gasteiger partial charge in [-0.15, -0.1) is 0 Å². The Balaban J connectivity index is 1.64. The largest absolute Gasteiger partial charge is 0.319 e. The van der Waals surface area contributed by atoms with Gasteiger partial charge >= 0.3 is 0 Å². The van der Waals surface area contributed by atoms with Crippen LogP contribution in [0.2, 0.25) is 0 Å². The van der Waals surface area contributed by atoms with Crippen LogP contribution in [0.25, 0.3) is 0 Å². The molecule has 5 heteroatoms. The maximum atomic E-state index is 12.2. The molecule has 3 rings (SSSR count). The molecular weight excluding hydrogens is 276 g/mol. The number of hydrogen-bond donors (Lipinski definition) is 1. The molecule has 0 unspecified atom stereocenters. The summed E-state index contributed by atoms with van der Waals surface area (Å²) in [6.07, 6.45) is 5.86. The smallest absolute Gasteiger partial charge is 0.255 e. The van der Waals surface area contributed by atoms with Gasteiger partial charge in [0, 0.05) is 11.8 Å². The van der Waals surface area contributed by atoms with E-state index < -0.39 is 0 Å². The Labute approximate surface area is 130 Å². The third kappa shape index (κ3) is 3.36. The molecule has 0 bridgehead atoms. The average Bonchev–Trinajstić information content (AvgIpc) is 2.97. The fraction of sp³-hybridized carbons (Fsp3) is 0.412. The fourth-order valence-electron chi connectivity index (χ4n) is 2.77. The molecule has 0 aliphatic carbocycles. The van der Waals surface area contributed by atoms with Gasteiger partial charge in [0.25, 0.3) is 5.91 Å². The van der Waals surface area contributed by atoms with Crippen molar-refractivity contribution in [3.8, 4) is 0 Å². The van der Waals surface area contributed by atoms with Crippen molar-refractivity contribution in [2.24, 2.45) is 0 Å². The number of likely N-dealkylation sites (tertiary alicyclic amines) is 1. The van der Waals surface area contributed by atoms with Crippen molar-refractivity contribution in [3.63, 3.8) is 0 Å². The van der Waals surface area contributed by atoms with Gasteiger partial charge in [0.1, 0.15) is 0 Å². The van der Waals surface area contributed by atoms with E-state index in [1.807, 2.05) is 42.1 Å². The molecule has 5 nitrogen and oxygen atoms in total. The van der Waals surface area contributed by atoms with Crippen LogP contribution in [-0.2, 0) is 0 Å². The minimum absolute atomic E-state index is 0.0945. The number of nitrogens with zero attached hydrogens (tertiary/aromatic N) is 3. The van der Waals surface area contributed by atoms with E-state index in [1.54, 1.807) is 6.20 Å². The van der Waals surface area contributed by atoms with E-state index in [-0.39, 0.29) is 5.91 Å². The standard InChI is InChI=1S/C17H22N4O/c1-13-3-5-14(6-4-13)17(22)19-15-11-18-21(12-15)16-7-9-20(2)10-8-16/h3-6,11-12,16H,7-10H2,1-2H3,(H,19,22). The van der Waals surface area contributed by atoms with E-state index in [2.05, 4.69) is 22.4 Å². The molecule has 1 amide bonds. The van der Waals surface area contributed by atoms with Crippen LogP contribution in [0.5, 0.6) is 0 Å². The summed E-state index contributed by atoms with van der Waals surface area (Å²) in [5.74, 6) is -0.0945. The van der Waals surface area contributed by atoms with E-state index in [0.29, 0.717) is 11.6 Å². The molecule has 2 aromatic rings. The molecule has 1 aliphatic heterocycles. The average molecular weight is 298 g/mol. The highest BCUT2D eigenvalue weighted by atomic mass is 16.1. The van der Waals surface area contributed by atoms with Gasteiger partial charge < -0.3 is 10.2 Å². The summed E-state index contributed by atoms with van der Waals surface area (Å²) in [7, 11) is 2.15. The van der Waals surface area contributed by atoms with Crippen LogP contribution >= 0.6 is 0 Å². The van der Waals surface area contributed by atoms with Crippen molar-refractivity contribution >= 4 is 11.6 Å². The Kier molecular flexibility index (Phi) is 4.24. The Morgan fingerprint density at radius 3 is 2.59 bits per heavy atom. The third-order valence-electron chi connectivity index (χ3n) is 4.24. The molecule has 0 atom stereocenters. The van der Waals surface area contributed by atoms with E-state index in [9.17, 15) is 4.79 Å². The first kappa shape index (κ1) is 14.8. The molecule has 0 spiro atoms. The number of hydrogen-bond acceptors (Lipinski definition) is 3. The summed E-state index contributed by atoms with van der Waals surface area (Å²) in [5, 5.41) is 7.32. The molecule has 1 aromatic carbocycles. The van der Waals surface area contributed by atoms with Crippen molar-refractivity contribution in [3.05, 3.63) is 47.8 Å². The summed E-state index contributed by atoms with van der Waals surface area (Å²) >= 11 is 0. The van der Waals surface area contributed by atoms with Crippen LogP contribution in [0.15, 0.2) is 36.7 Å². The van der Waals surface area contributed by atoms with E-state index >= 15 is 0 Å². The number of piperidine rings is 1. The van der Waals surface area contributed by atoms with Crippen LogP contribution in [0.4, 0.5) is 5.69 Å². The summed E-state index contributed by atoms with van der Waals surface area (Å²) in [6, 6.07) is 7.99. The van der Waals surface area contributed by atoms with E-state index in [0.717, 1.165) is 37.2 Å². The summed E-state index contributed by atoms with van der Waals surface area (Å²) < 4.78 is 1.98. The molecule has 2 heterocycles. The molecule has 1 aliphatic rings. The van der Waals surface area contributed by atoms with Crippen molar-refractivity contribution in [1.82, 2.24) is 14.7 Å². The van der Waals surface area contributed by atoms with Crippen LogP contribution in [0.3, 0.4) is 0 Å². The number of rotatable bonds is 3. The van der Waals surface area contributed by atoms with Gasteiger partial charge in [-0.2, -0.15) is 5.10 Å². The quantitative estimate of drug-likeness (QED) is 0.948. The molecule has 1 N–H and O–H groups in total. The molecular formula is C17H22N4O. The second kappa shape index (κ2) is 6.32. The Morgan fingerprint density at radius 2 is 1.91 bits per heavy atom. The third-order valence-corrected chi connectivity index (χ3v) is 4.24. The molecule has 1 aromatic heterocycles. The Morgan fingerprint density at radius 1 is 1.23 bits per heavy atom. The fourth-order valence-corrected chi connectivity index (χ4v) is 2.77. The van der Waals surface area contributed by atoms with Gasteiger partial charge in [-0.25, -0.2) is 0 Å². The topological polar surface area (TPSA) is 50.2 Å². The lowest BCUT2D eigenvalue weighted by Gasteiger charge is -2.28. The molecule has 1 fully saturated rings. The monoisotopic (exact) mass is 298 g/mol. The summed E-state index contributed by atoms with van der Waals surface area (Å²) in [6.45, 7) is 4.19. The lowest BCUT2D eigenvalue weighted by Crippen LogP contribution is -2.31. The van der Waals surface area contributed by atoms with Crippen molar-refractivity contribution in [2.45, 2.75) is 25.8 Å². The predicted octanol–water partition coefficient (Wildman–Crippen LogP) is 2.71. The summed E-state index contributed by atoms with van der Waals surface area (Å²) in [5.41, 5.74) is 2.56. The number of nitrogens with one attached hydrogen (secondary N) is 1. The molecule has 1 saturated heterocycles. The van der Waals surface area contributed by atoms with Crippen LogP contribution < -0.4 is 5.32 Å². The van der Waals surface area contributed by atoms with E-state index in [4.69, 9.17) is 0 Å². The Bertz CT molecular complexity index is 639. The number of aryl methyl sites for hydroxylation is 1. The number of anilines is 1. The molecule has 0 saturated carbocycles. The first-order valence-corrected chi connectivity index (χ1v) is 7.72. The first-order chi connectivity index (χ1) is 10.6. The lowest BCUT2D eigenvalue weighted by atomic mass is 10.1. The number of amides is 1. The maximum absolute atomic E-state index is 12.2. The van der Waals surface area contributed by atoms with Crippen LogP contribution in [-0.4, -0.2) is 40.7 Å². The zero-order valence-electron chi connectivity index (χ0n) is 13.1. The highest BCUT2D eigenvalue weighted by Gasteiger charge is 2.19. The highest BCUT2D eigenvalue weighted by molar-refractivity contribution is 6.04. The minimum Gasteiger partial charge on any atom is -0.319 e. The molecule has 116 valence electrons. The minimum atomic E-state index is -0.0945. The van der Waals surface area contributed by atoms with E-state index in [1.165, 1.54) is 0 Å². The Hall–Kier alpha value is -2.14. The van der Waals surface area contributed by atoms with Crippen LogP contribution in [0.1, 0.15) is 34.8 Å². The van der Waals surface area contributed by atoms with Crippen molar-refractivity contribution in [2.75, 3.05) is 25.5 Å². The lowest BCUT2D eigenvalue weighted by molar-refractivity contribution is 0.102. The van der Waals surface area contributed by atoms with Gasteiger partial charge in [-0.3, -0.25) is 9.48 Å². The van der Waals surface area contributed by atoms with Gasteiger partial charge in [-0.1, -0.05) is 17.7 Å². The zero-order valence-corrected chi connectivity index (χ0v) is 13.1. The van der Waals surface area contributed by atoms with Crippen LogP contribution in [0, 0.1) is 6.92 Å². The molecule has 0 radical (unpaired) electrons. The predicted molar refractivity (Wildman–Crippen MR) is 87.1 cm³/mol. The van der Waals surface area contributed by atoms with Gasteiger partial charge in [0.15, 0.2) is 0 Å². The van der Waals surface area contributed by atoms with Gasteiger partial charge in [0.05, 0.1) is 17.9 Å².